The minimum absolute atomic E-state index is 0.572. The predicted octanol–water partition coefficient (Wildman–Crippen LogP) is 1.37. The molecule has 0 saturated carbocycles. The smallest absolute Gasteiger partial charge is 0.141 e. The number of hydrogen-bond acceptors (Lipinski definition) is 3. The minimum Gasteiger partial charge on any atom is -0.383 e. The molecule has 2 N–H and O–H groups in total. The van der Waals surface area contributed by atoms with Crippen molar-refractivity contribution in [2.24, 2.45) is 7.05 Å². The fraction of sp³-hybridized carbons (Fsp3) is 0.200. The molecule has 72 valence electrons. The second kappa shape index (κ2) is 3.14. The Bertz CT molecular complexity index is 459. The maximum atomic E-state index is 5.64. The Morgan fingerprint density at radius 2 is 2.14 bits per heavy atom. The van der Waals surface area contributed by atoms with Crippen LogP contribution in [0.3, 0.4) is 0 Å². The maximum absolute atomic E-state index is 5.64. The molecule has 4 nitrogen and oxygen atoms in total. The summed E-state index contributed by atoms with van der Waals surface area (Å²) in [6, 6.07) is 1.99. The van der Waals surface area contributed by atoms with Crippen molar-refractivity contribution in [2.75, 3.05) is 5.73 Å². The molecular weight excluding hydrogens is 176 g/mol. The van der Waals surface area contributed by atoms with Gasteiger partial charge in [-0.1, -0.05) is 0 Å². The fourth-order valence-corrected chi connectivity index (χ4v) is 1.35. The van der Waals surface area contributed by atoms with Crippen molar-refractivity contribution >= 4 is 5.82 Å². The molecule has 0 fully saturated rings. The Morgan fingerprint density at radius 1 is 1.36 bits per heavy atom. The van der Waals surface area contributed by atoms with E-state index in [0.29, 0.717) is 5.82 Å². The van der Waals surface area contributed by atoms with E-state index in [1.807, 2.05) is 30.8 Å². The second-order valence-corrected chi connectivity index (χ2v) is 3.29. The van der Waals surface area contributed by atoms with Crippen molar-refractivity contribution in [3.8, 4) is 11.4 Å². The van der Waals surface area contributed by atoms with Crippen LogP contribution in [0.15, 0.2) is 24.7 Å². The number of nitrogens with two attached hydrogens (primary N) is 1. The highest BCUT2D eigenvalue weighted by atomic mass is 15.0. The molecule has 0 spiro atoms. The molecule has 0 aliphatic heterocycles. The maximum Gasteiger partial charge on any atom is 0.141 e. The number of anilines is 1. The van der Waals surface area contributed by atoms with Gasteiger partial charge in [0.25, 0.3) is 0 Å². The number of nitrogen functional groups attached to an aromatic ring is 1. The lowest BCUT2D eigenvalue weighted by Crippen LogP contribution is -1.97. The molecule has 0 unspecified atom stereocenters. The summed E-state index contributed by atoms with van der Waals surface area (Å²) in [5.74, 6) is 1.48. The van der Waals surface area contributed by atoms with Crippen LogP contribution >= 0.6 is 0 Å². The van der Waals surface area contributed by atoms with Crippen LogP contribution in [0.1, 0.15) is 5.56 Å². The van der Waals surface area contributed by atoms with Gasteiger partial charge in [-0.05, 0) is 18.6 Å². The summed E-state index contributed by atoms with van der Waals surface area (Å²) in [5, 5.41) is 0. The van der Waals surface area contributed by atoms with E-state index in [2.05, 4.69) is 9.97 Å². The number of aromatic nitrogens is 3. The molecule has 4 heteroatoms. The number of imidazole rings is 1. The average molecular weight is 188 g/mol. The minimum atomic E-state index is 0.572. The van der Waals surface area contributed by atoms with Crippen LogP contribution in [0.4, 0.5) is 5.82 Å². The van der Waals surface area contributed by atoms with Gasteiger partial charge in [0.2, 0.25) is 0 Å². The molecule has 2 aromatic heterocycles. The SMILES string of the molecule is Cc1cc(-c2nccn2C)cnc1N. The van der Waals surface area contributed by atoms with E-state index in [-0.39, 0.29) is 0 Å². The monoisotopic (exact) mass is 188 g/mol. The number of pyridine rings is 1. The van der Waals surface area contributed by atoms with Crippen molar-refractivity contribution < 1.29 is 0 Å². The Balaban J connectivity index is 2.53. The summed E-state index contributed by atoms with van der Waals surface area (Å²) in [7, 11) is 1.95. The summed E-state index contributed by atoms with van der Waals surface area (Å²) in [6.45, 7) is 1.94. The lowest BCUT2D eigenvalue weighted by Gasteiger charge is -2.03. The van der Waals surface area contributed by atoms with E-state index >= 15 is 0 Å². The van der Waals surface area contributed by atoms with Gasteiger partial charge in [0.05, 0.1) is 0 Å². The van der Waals surface area contributed by atoms with Crippen LogP contribution in [-0.4, -0.2) is 14.5 Å². The summed E-state index contributed by atoms with van der Waals surface area (Å²) >= 11 is 0. The highest BCUT2D eigenvalue weighted by molar-refractivity contribution is 5.58. The highest BCUT2D eigenvalue weighted by Crippen LogP contribution is 2.18. The van der Waals surface area contributed by atoms with Gasteiger partial charge in [0.1, 0.15) is 11.6 Å². The lowest BCUT2D eigenvalue weighted by atomic mass is 10.2. The zero-order valence-electron chi connectivity index (χ0n) is 8.23. The molecule has 2 rings (SSSR count). The van der Waals surface area contributed by atoms with Crippen molar-refractivity contribution in [3.05, 3.63) is 30.2 Å². The van der Waals surface area contributed by atoms with Gasteiger partial charge in [0.15, 0.2) is 0 Å². The molecule has 0 atom stereocenters. The molecular formula is C10H12N4. The molecule has 0 aromatic carbocycles. The predicted molar refractivity (Wildman–Crippen MR) is 55.6 cm³/mol. The van der Waals surface area contributed by atoms with Crippen LogP contribution in [0.2, 0.25) is 0 Å². The number of hydrogen-bond donors (Lipinski definition) is 1. The Morgan fingerprint density at radius 3 is 2.71 bits per heavy atom. The zero-order valence-corrected chi connectivity index (χ0v) is 8.23. The number of nitrogens with zero attached hydrogens (tertiary/aromatic N) is 3. The molecule has 0 saturated heterocycles. The van der Waals surface area contributed by atoms with Crippen LogP contribution in [0.5, 0.6) is 0 Å². The first kappa shape index (κ1) is 8.74. The molecule has 0 aliphatic carbocycles. The quantitative estimate of drug-likeness (QED) is 0.735. The van der Waals surface area contributed by atoms with Crippen LogP contribution in [-0.2, 0) is 7.05 Å². The third-order valence-corrected chi connectivity index (χ3v) is 2.20. The Hall–Kier alpha value is -1.84. The van der Waals surface area contributed by atoms with Gasteiger partial charge >= 0.3 is 0 Å². The first-order valence-electron chi connectivity index (χ1n) is 4.38. The van der Waals surface area contributed by atoms with Gasteiger partial charge in [-0.25, -0.2) is 9.97 Å². The van der Waals surface area contributed by atoms with Crippen molar-refractivity contribution in [3.63, 3.8) is 0 Å². The molecule has 2 aromatic rings. The van der Waals surface area contributed by atoms with Crippen molar-refractivity contribution in [1.29, 1.82) is 0 Å². The first-order valence-corrected chi connectivity index (χ1v) is 4.38. The van der Waals surface area contributed by atoms with Gasteiger partial charge in [-0.15, -0.1) is 0 Å². The fourth-order valence-electron chi connectivity index (χ4n) is 1.35. The van der Waals surface area contributed by atoms with E-state index in [0.717, 1.165) is 17.0 Å². The third-order valence-electron chi connectivity index (χ3n) is 2.20. The van der Waals surface area contributed by atoms with Crippen molar-refractivity contribution in [2.45, 2.75) is 6.92 Å². The summed E-state index contributed by atoms with van der Waals surface area (Å²) < 4.78 is 1.95. The largest absolute Gasteiger partial charge is 0.383 e. The van der Waals surface area contributed by atoms with Gasteiger partial charge in [0, 0.05) is 31.2 Å². The van der Waals surface area contributed by atoms with Crippen LogP contribution in [0.25, 0.3) is 11.4 Å². The highest BCUT2D eigenvalue weighted by Gasteiger charge is 2.04. The van der Waals surface area contributed by atoms with Gasteiger partial charge in [-0.2, -0.15) is 0 Å². The molecule has 0 radical (unpaired) electrons. The average Bonchev–Trinajstić information content (AvgIpc) is 2.57. The van der Waals surface area contributed by atoms with E-state index < -0.39 is 0 Å². The van der Waals surface area contributed by atoms with Crippen molar-refractivity contribution in [1.82, 2.24) is 14.5 Å². The van der Waals surface area contributed by atoms with Gasteiger partial charge < -0.3 is 10.3 Å². The van der Waals surface area contributed by atoms with E-state index in [1.165, 1.54) is 0 Å². The van der Waals surface area contributed by atoms with Crippen LogP contribution in [0, 0.1) is 6.92 Å². The first-order chi connectivity index (χ1) is 6.68. The standard InChI is InChI=1S/C10H12N4/c1-7-5-8(6-13-9(7)11)10-12-3-4-14(10)2/h3-6H,1-2H3,(H2,11,13). The summed E-state index contributed by atoms with van der Waals surface area (Å²) in [4.78, 5) is 8.34. The van der Waals surface area contributed by atoms with Gasteiger partial charge in [-0.3, -0.25) is 0 Å². The number of rotatable bonds is 1. The van der Waals surface area contributed by atoms with E-state index in [4.69, 9.17) is 5.73 Å². The Kier molecular flexibility index (Phi) is 1.96. The third kappa shape index (κ3) is 1.35. The zero-order chi connectivity index (χ0) is 10.1. The van der Waals surface area contributed by atoms with E-state index in [1.54, 1.807) is 12.4 Å². The van der Waals surface area contributed by atoms with E-state index in [9.17, 15) is 0 Å². The molecule has 0 bridgehead atoms. The molecule has 0 aliphatic rings. The number of aryl methyl sites for hydroxylation is 2. The van der Waals surface area contributed by atoms with Crippen LogP contribution < -0.4 is 5.73 Å². The summed E-state index contributed by atoms with van der Waals surface area (Å²) in [6.07, 6.45) is 5.41. The molecule has 2 heterocycles. The Labute approximate surface area is 82.4 Å². The second-order valence-electron chi connectivity index (χ2n) is 3.29. The molecule has 14 heavy (non-hydrogen) atoms. The lowest BCUT2D eigenvalue weighted by molar-refractivity contribution is 0.923. The molecule has 0 amide bonds. The summed E-state index contributed by atoms with van der Waals surface area (Å²) in [5.41, 5.74) is 7.61. The topological polar surface area (TPSA) is 56.7 Å². The normalized spacial score (nSPS) is 10.4.